The number of nitrogens with zero attached hydrogens (tertiary/aromatic N) is 1. The number of fused-ring (bicyclic) bond motifs is 5. The third-order valence-electron chi connectivity index (χ3n) is 5.92. The summed E-state index contributed by atoms with van der Waals surface area (Å²) in [6.45, 7) is 1.87. The molecule has 2 amide bonds. The van der Waals surface area contributed by atoms with Gasteiger partial charge in [-0.3, -0.25) is 25.0 Å². The maximum atomic E-state index is 12.2. The second kappa shape index (κ2) is 5.85. The van der Waals surface area contributed by atoms with E-state index in [4.69, 9.17) is 9.47 Å². The zero-order chi connectivity index (χ0) is 19.4. The van der Waals surface area contributed by atoms with E-state index in [0.717, 1.165) is 0 Å². The Morgan fingerprint density at radius 3 is 2.59 bits per heavy atom. The maximum absolute atomic E-state index is 12.2. The highest BCUT2D eigenvalue weighted by molar-refractivity contribution is 6.07. The minimum Gasteiger partial charge on any atom is -0.462 e. The first-order valence-electron chi connectivity index (χ1n) is 8.72. The molecule has 0 aliphatic carbocycles. The first-order chi connectivity index (χ1) is 12.8. The predicted molar refractivity (Wildman–Crippen MR) is 89.6 cm³/mol. The molecule has 142 valence electrons. The SMILES string of the molecule is CC12CCC(CCOC(=O)c3ccc([N+](=O)[O-])cc3)(O1)C1C(=O)NC(=O)C12. The van der Waals surface area contributed by atoms with E-state index < -0.39 is 33.9 Å². The molecule has 1 aromatic rings. The van der Waals surface area contributed by atoms with Crippen LogP contribution >= 0.6 is 0 Å². The van der Waals surface area contributed by atoms with Gasteiger partial charge in [0.1, 0.15) is 0 Å². The molecule has 4 rings (SSSR count). The lowest BCUT2D eigenvalue weighted by atomic mass is 9.67. The van der Waals surface area contributed by atoms with Crippen LogP contribution in [-0.2, 0) is 19.1 Å². The van der Waals surface area contributed by atoms with Crippen LogP contribution in [0.15, 0.2) is 24.3 Å². The van der Waals surface area contributed by atoms with E-state index in [1.165, 1.54) is 24.3 Å². The number of nitro groups is 1. The summed E-state index contributed by atoms with van der Waals surface area (Å²) in [5.41, 5.74) is -1.37. The van der Waals surface area contributed by atoms with Crippen molar-refractivity contribution in [2.75, 3.05) is 6.61 Å². The summed E-state index contributed by atoms with van der Waals surface area (Å²) in [5.74, 6) is -2.28. The molecule has 1 aromatic carbocycles. The highest BCUT2D eigenvalue weighted by Crippen LogP contribution is 2.60. The molecule has 0 radical (unpaired) electrons. The van der Waals surface area contributed by atoms with Crippen molar-refractivity contribution in [1.29, 1.82) is 0 Å². The number of nitrogens with one attached hydrogen (secondary N) is 1. The fourth-order valence-corrected chi connectivity index (χ4v) is 4.67. The Morgan fingerprint density at radius 2 is 1.93 bits per heavy atom. The van der Waals surface area contributed by atoms with Crippen molar-refractivity contribution in [3.05, 3.63) is 39.9 Å². The van der Waals surface area contributed by atoms with Crippen LogP contribution in [0.3, 0.4) is 0 Å². The molecule has 0 spiro atoms. The topological polar surface area (TPSA) is 125 Å². The molecule has 3 saturated heterocycles. The molecular formula is C18H18N2O7. The number of imide groups is 1. The summed E-state index contributed by atoms with van der Waals surface area (Å²) in [7, 11) is 0. The molecule has 27 heavy (non-hydrogen) atoms. The molecule has 9 heteroatoms. The number of carbonyl (C=O) groups excluding carboxylic acids is 3. The van der Waals surface area contributed by atoms with Gasteiger partial charge in [-0.1, -0.05) is 0 Å². The number of ether oxygens (including phenoxy) is 2. The summed E-state index contributed by atoms with van der Waals surface area (Å²) in [4.78, 5) is 46.6. The van der Waals surface area contributed by atoms with Crippen LogP contribution in [0.5, 0.6) is 0 Å². The summed E-state index contributed by atoms with van der Waals surface area (Å²) in [6, 6.07) is 5.13. The molecule has 3 aliphatic rings. The van der Waals surface area contributed by atoms with E-state index in [1.54, 1.807) is 0 Å². The molecule has 3 fully saturated rings. The molecule has 0 aromatic heterocycles. The number of carbonyl (C=O) groups is 3. The number of esters is 1. The van der Waals surface area contributed by atoms with Crippen molar-refractivity contribution in [1.82, 2.24) is 5.32 Å². The average molecular weight is 374 g/mol. The summed E-state index contributed by atoms with van der Waals surface area (Å²) in [5, 5.41) is 13.0. The van der Waals surface area contributed by atoms with Crippen LogP contribution < -0.4 is 5.32 Å². The number of amides is 2. The van der Waals surface area contributed by atoms with Gasteiger partial charge in [0, 0.05) is 18.6 Å². The lowest BCUT2D eigenvalue weighted by Crippen LogP contribution is -2.42. The average Bonchev–Trinajstić information content (AvgIpc) is 3.22. The van der Waals surface area contributed by atoms with Gasteiger partial charge in [0.15, 0.2) is 0 Å². The Balaban J connectivity index is 1.42. The highest BCUT2D eigenvalue weighted by atomic mass is 16.6. The van der Waals surface area contributed by atoms with Crippen molar-refractivity contribution in [2.45, 2.75) is 37.4 Å². The lowest BCUT2D eigenvalue weighted by molar-refractivity contribution is -0.384. The largest absolute Gasteiger partial charge is 0.462 e. The van der Waals surface area contributed by atoms with Gasteiger partial charge >= 0.3 is 5.97 Å². The van der Waals surface area contributed by atoms with Crippen molar-refractivity contribution in [3.63, 3.8) is 0 Å². The fourth-order valence-electron chi connectivity index (χ4n) is 4.67. The van der Waals surface area contributed by atoms with Crippen molar-refractivity contribution in [2.24, 2.45) is 11.8 Å². The number of non-ortho nitro benzene ring substituents is 1. The number of hydrogen-bond acceptors (Lipinski definition) is 7. The van der Waals surface area contributed by atoms with Crippen LogP contribution in [0.1, 0.15) is 36.5 Å². The van der Waals surface area contributed by atoms with Gasteiger partial charge in [-0.05, 0) is 31.9 Å². The van der Waals surface area contributed by atoms with Crippen LogP contribution in [-0.4, -0.2) is 40.5 Å². The lowest BCUT2D eigenvalue weighted by Gasteiger charge is -2.30. The van der Waals surface area contributed by atoms with Crippen LogP contribution in [0, 0.1) is 22.0 Å². The smallest absolute Gasteiger partial charge is 0.338 e. The molecule has 1 N–H and O–H groups in total. The van der Waals surface area contributed by atoms with Crippen LogP contribution in [0.4, 0.5) is 5.69 Å². The zero-order valence-electron chi connectivity index (χ0n) is 14.6. The number of hydrogen-bond donors (Lipinski definition) is 1. The number of nitro benzene ring substituents is 1. The molecule has 9 nitrogen and oxygen atoms in total. The van der Waals surface area contributed by atoms with E-state index >= 15 is 0 Å². The minimum atomic E-state index is -0.800. The fraction of sp³-hybridized carbons (Fsp3) is 0.500. The second-order valence-corrected chi connectivity index (χ2v) is 7.48. The van der Waals surface area contributed by atoms with Crippen LogP contribution in [0.2, 0.25) is 0 Å². The Labute approximate surface area is 154 Å². The van der Waals surface area contributed by atoms with Crippen molar-refractivity contribution in [3.8, 4) is 0 Å². The molecule has 3 aliphatic heterocycles. The molecule has 2 bridgehead atoms. The Hall–Kier alpha value is -2.81. The Kier molecular flexibility index (Phi) is 3.81. The molecule has 3 heterocycles. The van der Waals surface area contributed by atoms with Gasteiger partial charge in [0.05, 0.1) is 40.1 Å². The van der Waals surface area contributed by atoms with Gasteiger partial charge in [-0.2, -0.15) is 0 Å². The van der Waals surface area contributed by atoms with E-state index in [1.807, 2.05) is 6.92 Å². The van der Waals surface area contributed by atoms with Gasteiger partial charge in [0.2, 0.25) is 11.8 Å². The predicted octanol–water partition coefficient (Wildman–Crippen LogP) is 1.35. The van der Waals surface area contributed by atoms with E-state index in [2.05, 4.69) is 5.32 Å². The highest BCUT2D eigenvalue weighted by Gasteiger charge is 2.71. The first kappa shape index (κ1) is 17.6. The molecular weight excluding hydrogens is 356 g/mol. The Morgan fingerprint density at radius 1 is 1.26 bits per heavy atom. The molecule has 4 unspecified atom stereocenters. The van der Waals surface area contributed by atoms with Crippen molar-refractivity contribution < 1.29 is 28.8 Å². The van der Waals surface area contributed by atoms with Crippen LogP contribution in [0.25, 0.3) is 0 Å². The first-order valence-corrected chi connectivity index (χ1v) is 8.72. The molecule has 0 saturated carbocycles. The number of rotatable bonds is 5. The normalized spacial score (nSPS) is 33.7. The van der Waals surface area contributed by atoms with Gasteiger partial charge in [-0.15, -0.1) is 0 Å². The molecule has 4 atom stereocenters. The van der Waals surface area contributed by atoms with Gasteiger partial charge < -0.3 is 9.47 Å². The van der Waals surface area contributed by atoms with Gasteiger partial charge in [0.25, 0.3) is 5.69 Å². The van der Waals surface area contributed by atoms with E-state index in [-0.39, 0.29) is 29.7 Å². The van der Waals surface area contributed by atoms with Crippen molar-refractivity contribution >= 4 is 23.5 Å². The maximum Gasteiger partial charge on any atom is 0.338 e. The van der Waals surface area contributed by atoms with E-state index in [0.29, 0.717) is 19.3 Å². The third-order valence-corrected chi connectivity index (χ3v) is 5.92. The Bertz CT molecular complexity index is 852. The number of benzene rings is 1. The quantitative estimate of drug-likeness (QED) is 0.357. The standard InChI is InChI=1S/C18H18N2O7/c1-17-6-7-18(27-17,13-12(17)14(21)19-15(13)22)8-9-26-16(23)10-2-4-11(5-3-10)20(24)25/h2-5,12-13H,6-9H2,1H3,(H,19,21,22). The summed E-state index contributed by atoms with van der Waals surface area (Å²) >= 11 is 0. The zero-order valence-corrected chi connectivity index (χ0v) is 14.6. The third kappa shape index (κ3) is 2.61. The van der Waals surface area contributed by atoms with Gasteiger partial charge in [-0.25, -0.2) is 4.79 Å². The second-order valence-electron chi connectivity index (χ2n) is 7.48. The summed E-state index contributed by atoms with van der Waals surface area (Å²) < 4.78 is 11.4. The monoisotopic (exact) mass is 374 g/mol. The minimum absolute atomic E-state index is 0.0244. The summed E-state index contributed by atoms with van der Waals surface area (Å²) in [6.07, 6.45) is 1.61. The van der Waals surface area contributed by atoms with E-state index in [9.17, 15) is 24.5 Å².